The summed E-state index contributed by atoms with van der Waals surface area (Å²) < 4.78 is 5.35. The van der Waals surface area contributed by atoms with Gasteiger partial charge in [-0.25, -0.2) is 9.97 Å². The molecule has 9 heteroatoms. The fraction of sp³-hybridized carbons (Fsp3) is 0.300. The van der Waals surface area contributed by atoms with Crippen LogP contribution in [-0.2, 0) is 6.42 Å². The number of nitriles is 1. The molecule has 7 nitrogen and oxygen atoms in total. The molecule has 0 spiro atoms. The van der Waals surface area contributed by atoms with Crippen molar-refractivity contribution >= 4 is 40.0 Å². The number of H-pyrrole nitrogens is 1. The Hall–Kier alpha value is -2.82. The zero-order chi connectivity index (χ0) is 20.5. The Morgan fingerprint density at radius 2 is 2.14 bits per heavy atom. The number of amides is 1. The molecule has 2 aromatic heterocycles. The predicted molar refractivity (Wildman–Crippen MR) is 109 cm³/mol. The van der Waals surface area contributed by atoms with Gasteiger partial charge >= 0.3 is 0 Å². The Morgan fingerprint density at radius 1 is 1.38 bits per heavy atom. The summed E-state index contributed by atoms with van der Waals surface area (Å²) in [6, 6.07) is 5.51. The van der Waals surface area contributed by atoms with Crippen molar-refractivity contribution in [1.29, 1.82) is 5.26 Å². The SMILES string of the molecule is CC1c2c([nH]c3c(Cl)c(Cl)ccc23)CCN1C(=O)c1ncc(OCCC#N)cn1. The number of rotatable bonds is 4. The molecule has 0 fully saturated rings. The number of halogens is 2. The molecule has 0 radical (unpaired) electrons. The second-order valence-corrected chi connectivity index (χ2v) is 7.51. The van der Waals surface area contributed by atoms with Crippen LogP contribution in [-0.4, -0.2) is 38.9 Å². The summed E-state index contributed by atoms with van der Waals surface area (Å²) in [5.41, 5.74) is 2.89. The Morgan fingerprint density at radius 3 is 2.86 bits per heavy atom. The lowest BCUT2D eigenvalue weighted by atomic mass is 9.97. The number of fused-ring (bicyclic) bond motifs is 3. The van der Waals surface area contributed by atoms with Crippen molar-refractivity contribution in [3.63, 3.8) is 0 Å². The number of carbonyl (C=O) groups excluding carboxylic acids is 1. The standard InChI is InChI=1S/C20H17Cl2N5O2/c1-11-16-13-3-4-14(21)17(22)18(13)26-15(16)5-7-27(11)20(28)19-24-9-12(10-25-19)29-8-2-6-23/h3-4,9-11,26H,2,5,7-8H2,1H3. The molecule has 0 aliphatic carbocycles. The lowest BCUT2D eigenvalue weighted by molar-refractivity contribution is 0.0665. The third-order valence-corrected chi connectivity index (χ3v) is 5.84. The Bertz CT molecular complexity index is 1120. The van der Waals surface area contributed by atoms with Crippen LogP contribution in [0.15, 0.2) is 24.5 Å². The van der Waals surface area contributed by atoms with Gasteiger partial charge in [-0.05, 0) is 13.0 Å². The topological polar surface area (TPSA) is 94.9 Å². The van der Waals surface area contributed by atoms with Crippen LogP contribution in [0, 0.1) is 11.3 Å². The number of benzene rings is 1. The molecule has 4 rings (SSSR count). The van der Waals surface area contributed by atoms with Gasteiger partial charge in [0.1, 0.15) is 6.61 Å². The third-order valence-electron chi connectivity index (χ3n) is 5.04. The highest BCUT2D eigenvalue weighted by atomic mass is 35.5. The number of aromatic amines is 1. The summed E-state index contributed by atoms with van der Waals surface area (Å²) in [7, 11) is 0. The van der Waals surface area contributed by atoms with Gasteiger partial charge in [0.25, 0.3) is 5.91 Å². The monoisotopic (exact) mass is 429 g/mol. The lowest BCUT2D eigenvalue weighted by Gasteiger charge is -2.33. The van der Waals surface area contributed by atoms with Crippen molar-refractivity contribution in [2.75, 3.05) is 13.2 Å². The molecule has 0 saturated carbocycles. The van der Waals surface area contributed by atoms with E-state index in [0.29, 0.717) is 28.8 Å². The Balaban J connectivity index is 1.59. The number of ether oxygens (including phenoxy) is 1. The van der Waals surface area contributed by atoms with Crippen LogP contribution in [0.4, 0.5) is 0 Å². The van der Waals surface area contributed by atoms with Crippen molar-refractivity contribution in [2.24, 2.45) is 0 Å². The van der Waals surface area contributed by atoms with E-state index >= 15 is 0 Å². The summed E-state index contributed by atoms with van der Waals surface area (Å²) in [6.07, 6.45) is 3.84. The third kappa shape index (κ3) is 3.50. The van der Waals surface area contributed by atoms with Crippen molar-refractivity contribution < 1.29 is 9.53 Å². The van der Waals surface area contributed by atoms with Gasteiger partial charge < -0.3 is 14.6 Å². The maximum absolute atomic E-state index is 13.0. The van der Waals surface area contributed by atoms with Crippen molar-refractivity contribution in [2.45, 2.75) is 25.8 Å². The van der Waals surface area contributed by atoms with Crippen LogP contribution in [0.2, 0.25) is 10.0 Å². The minimum atomic E-state index is -0.249. The second-order valence-electron chi connectivity index (χ2n) is 6.72. The molecule has 0 saturated heterocycles. The first kappa shape index (κ1) is 19.5. The van der Waals surface area contributed by atoms with Crippen LogP contribution >= 0.6 is 23.2 Å². The van der Waals surface area contributed by atoms with E-state index in [1.165, 1.54) is 12.4 Å². The van der Waals surface area contributed by atoms with Gasteiger partial charge in [0.05, 0.1) is 46.5 Å². The van der Waals surface area contributed by atoms with Gasteiger partial charge in [0, 0.05) is 29.6 Å². The van der Waals surface area contributed by atoms with E-state index in [2.05, 4.69) is 15.0 Å². The van der Waals surface area contributed by atoms with Crippen LogP contribution in [0.5, 0.6) is 5.75 Å². The van der Waals surface area contributed by atoms with Gasteiger partial charge in [-0.15, -0.1) is 0 Å². The van der Waals surface area contributed by atoms with E-state index in [0.717, 1.165) is 22.2 Å². The molecule has 1 aromatic carbocycles. The fourth-order valence-electron chi connectivity index (χ4n) is 3.66. The number of nitrogens with zero attached hydrogens (tertiary/aromatic N) is 4. The highest BCUT2D eigenvalue weighted by Gasteiger charge is 2.32. The fourth-order valence-corrected chi connectivity index (χ4v) is 4.03. The number of hydrogen-bond acceptors (Lipinski definition) is 5. The molecule has 1 unspecified atom stereocenters. The smallest absolute Gasteiger partial charge is 0.292 e. The maximum Gasteiger partial charge on any atom is 0.292 e. The molecule has 3 aromatic rings. The number of carbonyl (C=O) groups is 1. The van der Waals surface area contributed by atoms with E-state index in [1.54, 1.807) is 11.0 Å². The summed E-state index contributed by atoms with van der Waals surface area (Å²) in [6.45, 7) is 2.77. The van der Waals surface area contributed by atoms with Crippen molar-refractivity contribution in [3.05, 3.63) is 51.7 Å². The summed E-state index contributed by atoms with van der Waals surface area (Å²) >= 11 is 12.5. The van der Waals surface area contributed by atoms with Crippen LogP contribution in [0.1, 0.15) is 41.3 Å². The predicted octanol–water partition coefficient (Wildman–Crippen LogP) is 4.32. The van der Waals surface area contributed by atoms with E-state index < -0.39 is 0 Å². The van der Waals surface area contributed by atoms with Gasteiger partial charge in [-0.2, -0.15) is 5.26 Å². The lowest BCUT2D eigenvalue weighted by Crippen LogP contribution is -2.39. The summed E-state index contributed by atoms with van der Waals surface area (Å²) in [5.74, 6) is 0.281. The molecular weight excluding hydrogens is 413 g/mol. The van der Waals surface area contributed by atoms with Crippen molar-refractivity contribution in [3.8, 4) is 11.8 Å². The molecule has 1 aliphatic heterocycles. The average Bonchev–Trinajstić information content (AvgIpc) is 3.11. The molecule has 1 atom stereocenters. The molecule has 1 amide bonds. The Kier molecular flexibility index (Phi) is 5.31. The minimum Gasteiger partial charge on any atom is -0.489 e. The molecule has 29 heavy (non-hydrogen) atoms. The molecule has 1 aliphatic rings. The molecule has 1 N–H and O–H groups in total. The average molecular weight is 430 g/mol. The zero-order valence-electron chi connectivity index (χ0n) is 15.6. The number of aromatic nitrogens is 3. The summed E-state index contributed by atoms with van der Waals surface area (Å²) in [5, 5.41) is 10.5. The number of nitrogens with one attached hydrogen (secondary N) is 1. The van der Waals surface area contributed by atoms with E-state index in [9.17, 15) is 4.79 Å². The minimum absolute atomic E-state index is 0.105. The van der Waals surface area contributed by atoms with Crippen LogP contribution < -0.4 is 4.74 Å². The maximum atomic E-state index is 13.0. The van der Waals surface area contributed by atoms with Gasteiger partial charge in [0.15, 0.2) is 5.75 Å². The number of hydrogen-bond donors (Lipinski definition) is 1. The highest BCUT2D eigenvalue weighted by Crippen LogP contribution is 2.40. The highest BCUT2D eigenvalue weighted by molar-refractivity contribution is 6.45. The van der Waals surface area contributed by atoms with Crippen molar-refractivity contribution in [1.82, 2.24) is 19.9 Å². The Labute approximate surface area is 177 Å². The largest absolute Gasteiger partial charge is 0.489 e. The molecular formula is C20H17Cl2N5O2. The van der Waals surface area contributed by atoms with Gasteiger partial charge in [-0.1, -0.05) is 29.3 Å². The van der Waals surface area contributed by atoms with Gasteiger partial charge in [0.2, 0.25) is 5.82 Å². The molecule has 148 valence electrons. The van der Waals surface area contributed by atoms with Gasteiger partial charge in [-0.3, -0.25) is 4.79 Å². The first-order chi connectivity index (χ1) is 14.0. The first-order valence-corrected chi connectivity index (χ1v) is 9.88. The second kappa shape index (κ2) is 7.90. The normalized spacial score (nSPS) is 15.8. The molecule has 0 bridgehead atoms. The van der Waals surface area contributed by atoms with Crippen LogP contribution in [0.25, 0.3) is 10.9 Å². The summed E-state index contributed by atoms with van der Waals surface area (Å²) in [4.78, 5) is 26.4. The van der Waals surface area contributed by atoms with E-state index in [4.69, 9.17) is 33.2 Å². The van der Waals surface area contributed by atoms with E-state index in [-0.39, 0.29) is 30.8 Å². The molecule has 3 heterocycles. The zero-order valence-corrected chi connectivity index (χ0v) is 17.1. The van der Waals surface area contributed by atoms with Crippen LogP contribution in [0.3, 0.4) is 0 Å². The first-order valence-electron chi connectivity index (χ1n) is 9.12. The van der Waals surface area contributed by atoms with E-state index in [1.807, 2.05) is 19.1 Å². The quantitative estimate of drug-likeness (QED) is 0.623.